The van der Waals surface area contributed by atoms with Gasteiger partial charge in [0.1, 0.15) is 5.69 Å². The predicted molar refractivity (Wildman–Crippen MR) is 125 cm³/mol. The fourth-order valence-corrected chi connectivity index (χ4v) is 5.34. The van der Waals surface area contributed by atoms with E-state index in [1.165, 1.54) is 4.31 Å². The molecule has 3 aromatic rings. The standard InChI is InChI=1S/C24H26N4O4S/c29-23-13-17-28(33(31,32)20-8-2-1-3-9-20)16-6-15-27(18-14-25-23)24(30)22-12-11-19-7-4-5-10-21(19)26-22/h1-5,7-12H,6,13-18H2,(H,25,29). The molecule has 0 bridgehead atoms. The maximum absolute atomic E-state index is 13.2. The third kappa shape index (κ3) is 5.37. The number of rotatable bonds is 3. The van der Waals surface area contributed by atoms with E-state index in [0.717, 1.165) is 10.9 Å². The molecule has 1 N–H and O–H groups in total. The van der Waals surface area contributed by atoms with Crippen LogP contribution in [0.4, 0.5) is 0 Å². The van der Waals surface area contributed by atoms with Crippen LogP contribution >= 0.6 is 0 Å². The summed E-state index contributed by atoms with van der Waals surface area (Å²) in [6.45, 7) is 1.26. The molecule has 2 aromatic carbocycles. The van der Waals surface area contributed by atoms with Gasteiger partial charge in [0.15, 0.2) is 0 Å². The summed E-state index contributed by atoms with van der Waals surface area (Å²) in [5.74, 6) is -0.492. The molecule has 4 rings (SSSR count). The summed E-state index contributed by atoms with van der Waals surface area (Å²) in [4.78, 5) is 31.8. The maximum Gasteiger partial charge on any atom is 0.272 e. The number of para-hydroxylation sites is 1. The smallest absolute Gasteiger partial charge is 0.272 e. The largest absolute Gasteiger partial charge is 0.354 e. The minimum absolute atomic E-state index is 0.0617. The number of amides is 2. The van der Waals surface area contributed by atoms with Gasteiger partial charge >= 0.3 is 0 Å². The number of hydrogen-bond acceptors (Lipinski definition) is 5. The number of hydrogen-bond donors (Lipinski definition) is 1. The lowest BCUT2D eigenvalue weighted by Gasteiger charge is -2.24. The zero-order valence-electron chi connectivity index (χ0n) is 18.2. The molecule has 0 radical (unpaired) electrons. The third-order valence-corrected chi connectivity index (χ3v) is 7.53. The van der Waals surface area contributed by atoms with Crippen molar-refractivity contribution < 1.29 is 18.0 Å². The van der Waals surface area contributed by atoms with Crippen LogP contribution in [-0.2, 0) is 14.8 Å². The number of pyridine rings is 1. The fraction of sp³-hybridized carbons (Fsp3) is 0.292. The summed E-state index contributed by atoms with van der Waals surface area (Å²) in [7, 11) is -3.74. The minimum atomic E-state index is -3.74. The summed E-state index contributed by atoms with van der Waals surface area (Å²) in [5.41, 5.74) is 1.05. The van der Waals surface area contributed by atoms with E-state index < -0.39 is 10.0 Å². The molecule has 33 heavy (non-hydrogen) atoms. The highest BCUT2D eigenvalue weighted by molar-refractivity contribution is 7.89. The predicted octanol–water partition coefficient (Wildman–Crippen LogP) is 2.28. The van der Waals surface area contributed by atoms with Crippen molar-refractivity contribution in [2.45, 2.75) is 17.7 Å². The van der Waals surface area contributed by atoms with Crippen LogP contribution in [0.2, 0.25) is 0 Å². The number of benzene rings is 2. The Hall–Kier alpha value is -3.30. The second-order valence-corrected chi connectivity index (χ2v) is 9.79. The first-order valence-electron chi connectivity index (χ1n) is 10.9. The summed E-state index contributed by atoms with van der Waals surface area (Å²) in [6.07, 6.45) is 0.506. The lowest BCUT2D eigenvalue weighted by Crippen LogP contribution is -2.39. The molecule has 9 heteroatoms. The summed E-state index contributed by atoms with van der Waals surface area (Å²) in [5, 5.41) is 3.73. The van der Waals surface area contributed by atoms with Gasteiger partial charge in [-0.15, -0.1) is 0 Å². The van der Waals surface area contributed by atoms with Crippen molar-refractivity contribution in [2.75, 3.05) is 32.7 Å². The van der Waals surface area contributed by atoms with E-state index in [4.69, 9.17) is 0 Å². The second kappa shape index (κ2) is 10.1. The van der Waals surface area contributed by atoms with Crippen LogP contribution in [0.3, 0.4) is 0 Å². The number of nitrogens with one attached hydrogen (secondary N) is 1. The molecule has 1 aliphatic rings. The van der Waals surface area contributed by atoms with Crippen LogP contribution < -0.4 is 5.32 Å². The van der Waals surface area contributed by atoms with Gasteiger partial charge < -0.3 is 10.2 Å². The van der Waals surface area contributed by atoms with Gasteiger partial charge in [0.25, 0.3) is 5.91 Å². The molecular weight excluding hydrogens is 440 g/mol. The van der Waals surface area contributed by atoms with Crippen molar-refractivity contribution in [3.05, 3.63) is 72.4 Å². The highest BCUT2D eigenvalue weighted by Crippen LogP contribution is 2.17. The van der Waals surface area contributed by atoms with Crippen LogP contribution in [0.15, 0.2) is 71.6 Å². The fourth-order valence-electron chi connectivity index (χ4n) is 3.84. The number of nitrogens with zero attached hydrogens (tertiary/aromatic N) is 3. The Morgan fingerprint density at radius 3 is 2.45 bits per heavy atom. The summed E-state index contributed by atoms with van der Waals surface area (Å²) < 4.78 is 27.5. The summed E-state index contributed by atoms with van der Waals surface area (Å²) in [6, 6.07) is 19.3. The van der Waals surface area contributed by atoms with Crippen molar-refractivity contribution in [1.29, 1.82) is 0 Å². The quantitative estimate of drug-likeness (QED) is 0.638. The molecule has 8 nitrogen and oxygen atoms in total. The average Bonchev–Trinajstić information content (AvgIpc) is 2.88. The lowest BCUT2D eigenvalue weighted by atomic mass is 10.2. The third-order valence-electron chi connectivity index (χ3n) is 5.61. The highest BCUT2D eigenvalue weighted by Gasteiger charge is 2.26. The number of fused-ring (bicyclic) bond motifs is 1. The first kappa shape index (κ1) is 22.9. The normalized spacial score (nSPS) is 16.7. The Bertz CT molecular complexity index is 1250. The second-order valence-electron chi connectivity index (χ2n) is 7.85. The number of carbonyl (C=O) groups is 2. The SMILES string of the molecule is O=C1CCN(S(=O)(=O)c2ccccc2)CCCN(C(=O)c2ccc3ccccc3n2)CCN1. The first-order chi connectivity index (χ1) is 15.9. The molecule has 1 fully saturated rings. The molecule has 0 saturated carbocycles. The van der Waals surface area contributed by atoms with Gasteiger partial charge in [-0.1, -0.05) is 42.5 Å². The lowest BCUT2D eigenvalue weighted by molar-refractivity contribution is -0.121. The average molecular weight is 467 g/mol. The van der Waals surface area contributed by atoms with Crippen LogP contribution in [0, 0.1) is 0 Å². The Morgan fingerprint density at radius 1 is 0.879 bits per heavy atom. The molecule has 0 aliphatic carbocycles. The van der Waals surface area contributed by atoms with Crippen LogP contribution in [-0.4, -0.2) is 67.1 Å². The number of sulfonamides is 1. The van der Waals surface area contributed by atoms with Gasteiger partial charge in [0, 0.05) is 44.5 Å². The Morgan fingerprint density at radius 2 is 1.64 bits per heavy atom. The van der Waals surface area contributed by atoms with E-state index in [2.05, 4.69) is 10.3 Å². The van der Waals surface area contributed by atoms with Crippen LogP contribution in [0.5, 0.6) is 0 Å². The molecule has 1 aliphatic heterocycles. The molecule has 2 amide bonds. The topological polar surface area (TPSA) is 99.7 Å². The van der Waals surface area contributed by atoms with E-state index in [-0.39, 0.29) is 36.2 Å². The van der Waals surface area contributed by atoms with E-state index in [1.54, 1.807) is 41.3 Å². The monoisotopic (exact) mass is 466 g/mol. The van der Waals surface area contributed by atoms with Crippen molar-refractivity contribution >= 4 is 32.7 Å². The van der Waals surface area contributed by atoms with Gasteiger partial charge in [-0.2, -0.15) is 4.31 Å². The van der Waals surface area contributed by atoms with Crippen molar-refractivity contribution in [2.24, 2.45) is 0 Å². The number of aromatic nitrogens is 1. The van der Waals surface area contributed by atoms with Crippen molar-refractivity contribution in [3.63, 3.8) is 0 Å². The van der Waals surface area contributed by atoms with Gasteiger partial charge in [-0.25, -0.2) is 13.4 Å². The molecule has 1 saturated heterocycles. The van der Waals surface area contributed by atoms with Gasteiger partial charge in [-0.05, 0) is 30.7 Å². The van der Waals surface area contributed by atoms with E-state index in [9.17, 15) is 18.0 Å². The van der Waals surface area contributed by atoms with E-state index >= 15 is 0 Å². The zero-order chi connectivity index (χ0) is 23.3. The summed E-state index contributed by atoms with van der Waals surface area (Å²) >= 11 is 0. The maximum atomic E-state index is 13.2. The van der Waals surface area contributed by atoms with E-state index in [0.29, 0.717) is 31.7 Å². The first-order valence-corrected chi connectivity index (χ1v) is 12.4. The molecule has 2 heterocycles. The molecule has 0 spiro atoms. The van der Waals surface area contributed by atoms with Crippen molar-refractivity contribution in [1.82, 2.24) is 19.5 Å². The molecule has 0 atom stereocenters. The molecule has 172 valence electrons. The molecule has 0 unspecified atom stereocenters. The zero-order valence-corrected chi connectivity index (χ0v) is 19.0. The van der Waals surface area contributed by atoms with Gasteiger partial charge in [-0.3, -0.25) is 9.59 Å². The van der Waals surface area contributed by atoms with E-state index in [1.807, 2.05) is 30.3 Å². The Labute approximate surface area is 193 Å². The molecule has 1 aromatic heterocycles. The minimum Gasteiger partial charge on any atom is -0.354 e. The number of carbonyl (C=O) groups excluding carboxylic acids is 2. The van der Waals surface area contributed by atoms with Gasteiger partial charge in [0.2, 0.25) is 15.9 Å². The Kier molecular flexibility index (Phi) is 7.00. The van der Waals surface area contributed by atoms with Crippen LogP contribution in [0.1, 0.15) is 23.3 Å². The molecular formula is C24H26N4O4S. The van der Waals surface area contributed by atoms with Crippen molar-refractivity contribution in [3.8, 4) is 0 Å². The van der Waals surface area contributed by atoms with Crippen LogP contribution in [0.25, 0.3) is 10.9 Å². The highest BCUT2D eigenvalue weighted by atomic mass is 32.2. The Balaban J connectivity index is 1.53. The van der Waals surface area contributed by atoms with Gasteiger partial charge in [0.05, 0.1) is 10.4 Å².